The van der Waals surface area contributed by atoms with Gasteiger partial charge in [-0.3, -0.25) is 14.5 Å². The number of imidazole rings is 1. The zero-order valence-corrected chi connectivity index (χ0v) is 23.1. The Morgan fingerprint density at radius 3 is 2.73 bits per heavy atom. The third-order valence-electron chi connectivity index (χ3n) is 7.81. The number of aromatic amines is 1. The van der Waals surface area contributed by atoms with Gasteiger partial charge in [-0.25, -0.2) is 18.6 Å². The number of amides is 2. The van der Waals surface area contributed by atoms with Crippen LogP contribution in [0.5, 0.6) is 0 Å². The largest absolute Gasteiger partial charge is 0.469 e. The molecule has 0 spiro atoms. The molecule has 2 N–H and O–H groups in total. The fourth-order valence-corrected chi connectivity index (χ4v) is 5.42. The monoisotopic (exact) mass is 566 g/mol. The highest BCUT2D eigenvalue weighted by molar-refractivity contribution is 5.96. The number of aromatic nitrogens is 2. The number of anilines is 1. The number of hydrogen-bond acceptors (Lipinski definition) is 6. The van der Waals surface area contributed by atoms with E-state index in [1.165, 1.54) is 31.1 Å². The van der Waals surface area contributed by atoms with Crippen molar-refractivity contribution in [3.63, 3.8) is 0 Å². The lowest BCUT2D eigenvalue weighted by Gasteiger charge is -2.37. The maximum atomic E-state index is 14.8. The van der Waals surface area contributed by atoms with Crippen molar-refractivity contribution in [2.75, 3.05) is 19.0 Å². The van der Waals surface area contributed by atoms with Crippen LogP contribution in [0.3, 0.4) is 0 Å². The lowest BCUT2D eigenvalue weighted by atomic mass is 9.97. The predicted octanol–water partition coefficient (Wildman–Crippen LogP) is 5.76. The fourth-order valence-electron chi connectivity index (χ4n) is 5.42. The normalized spacial score (nSPS) is 21.2. The summed E-state index contributed by atoms with van der Waals surface area (Å²) in [5.74, 6) is -1.81. The lowest BCUT2D eigenvalue weighted by Crippen LogP contribution is -2.42. The Hall–Kier alpha value is -4.28. The minimum Gasteiger partial charge on any atom is -0.469 e. The molecular weight excluding hydrogens is 534 g/mol. The summed E-state index contributed by atoms with van der Waals surface area (Å²) in [6.45, 7) is 3.58. The van der Waals surface area contributed by atoms with Crippen LogP contribution in [0.1, 0.15) is 67.3 Å². The van der Waals surface area contributed by atoms with Crippen LogP contribution in [0.15, 0.2) is 36.5 Å². The SMILES string of the molecule is COC(=O)Cc1ccc2c(c1)NC(=O)[C@H](C)CCC[C@H](N1CCC(c3c(F)ccc(C)c3F)OC1=O)c1ncc-2[nH]1. The highest BCUT2D eigenvalue weighted by Gasteiger charge is 2.37. The van der Waals surface area contributed by atoms with Crippen LogP contribution in [0.4, 0.5) is 19.3 Å². The topological polar surface area (TPSA) is 114 Å². The molecule has 0 aliphatic carbocycles. The van der Waals surface area contributed by atoms with Crippen LogP contribution in [0, 0.1) is 24.5 Å². The van der Waals surface area contributed by atoms with Crippen molar-refractivity contribution < 1.29 is 32.6 Å². The van der Waals surface area contributed by atoms with Crippen molar-refractivity contribution in [1.82, 2.24) is 14.9 Å². The number of halogens is 2. The highest BCUT2D eigenvalue weighted by atomic mass is 19.1. The van der Waals surface area contributed by atoms with Gasteiger partial charge in [0.05, 0.1) is 42.7 Å². The number of benzene rings is 2. The van der Waals surface area contributed by atoms with Crippen LogP contribution in [0.25, 0.3) is 11.3 Å². The Morgan fingerprint density at radius 2 is 1.98 bits per heavy atom. The van der Waals surface area contributed by atoms with E-state index in [-0.39, 0.29) is 42.3 Å². The minimum atomic E-state index is -1.04. The molecule has 2 aromatic carbocycles. The summed E-state index contributed by atoms with van der Waals surface area (Å²) in [4.78, 5) is 47.5. The molecule has 1 unspecified atom stereocenters. The van der Waals surface area contributed by atoms with Crippen molar-refractivity contribution in [3.8, 4) is 11.3 Å². The summed E-state index contributed by atoms with van der Waals surface area (Å²) >= 11 is 0. The molecule has 2 aliphatic rings. The summed E-state index contributed by atoms with van der Waals surface area (Å²) in [6.07, 6.45) is 1.84. The van der Waals surface area contributed by atoms with Gasteiger partial charge in [-0.2, -0.15) is 0 Å². The zero-order valence-electron chi connectivity index (χ0n) is 23.1. The first-order valence-electron chi connectivity index (χ1n) is 13.6. The van der Waals surface area contributed by atoms with Gasteiger partial charge in [-0.15, -0.1) is 0 Å². The first-order chi connectivity index (χ1) is 19.7. The number of nitrogens with one attached hydrogen (secondary N) is 2. The number of rotatable bonds is 4. The molecule has 0 radical (unpaired) electrons. The molecule has 216 valence electrons. The maximum Gasteiger partial charge on any atom is 0.411 e. The molecule has 1 fully saturated rings. The highest BCUT2D eigenvalue weighted by Crippen LogP contribution is 2.38. The van der Waals surface area contributed by atoms with Crippen molar-refractivity contribution >= 4 is 23.7 Å². The number of esters is 1. The fraction of sp³-hybridized carbons (Fsp3) is 0.400. The lowest BCUT2D eigenvalue weighted by molar-refractivity contribution is -0.139. The Labute approximate surface area is 236 Å². The van der Waals surface area contributed by atoms with Crippen molar-refractivity contribution in [2.24, 2.45) is 5.92 Å². The maximum absolute atomic E-state index is 14.8. The van der Waals surface area contributed by atoms with E-state index in [4.69, 9.17) is 9.47 Å². The number of fused-ring (bicyclic) bond motifs is 4. The zero-order chi connectivity index (χ0) is 29.3. The van der Waals surface area contributed by atoms with Gasteiger partial charge in [0, 0.05) is 24.4 Å². The van der Waals surface area contributed by atoms with Crippen LogP contribution in [-0.2, 0) is 25.5 Å². The van der Waals surface area contributed by atoms with Crippen molar-refractivity contribution in [3.05, 3.63) is 70.7 Å². The molecule has 3 aromatic rings. The van der Waals surface area contributed by atoms with E-state index in [0.717, 1.165) is 0 Å². The smallest absolute Gasteiger partial charge is 0.411 e. The van der Waals surface area contributed by atoms with Gasteiger partial charge >= 0.3 is 12.1 Å². The Kier molecular flexibility index (Phi) is 8.05. The number of hydrogen-bond donors (Lipinski definition) is 2. The second-order valence-electron chi connectivity index (χ2n) is 10.6. The van der Waals surface area contributed by atoms with Crippen molar-refractivity contribution in [2.45, 2.75) is 58.1 Å². The molecular formula is C30H32F2N4O5. The number of methoxy groups -OCH3 is 1. The van der Waals surface area contributed by atoms with Crippen LogP contribution >= 0.6 is 0 Å². The number of H-pyrrole nitrogens is 1. The molecule has 2 aliphatic heterocycles. The summed E-state index contributed by atoms with van der Waals surface area (Å²) in [5.41, 5.74) is 2.53. The number of carbonyl (C=O) groups is 3. The van der Waals surface area contributed by atoms with E-state index < -0.39 is 35.8 Å². The van der Waals surface area contributed by atoms with Gasteiger partial charge in [-0.1, -0.05) is 31.5 Å². The van der Waals surface area contributed by atoms with Crippen LogP contribution in [0.2, 0.25) is 0 Å². The van der Waals surface area contributed by atoms with E-state index in [2.05, 4.69) is 15.3 Å². The van der Waals surface area contributed by atoms with Gasteiger partial charge in [0.15, 0.2) is 0 Å². The minimum absolute atomic E-state index is 0.0555. The molecule has 41 heavy (non-hydrogen) atoms. The molecule has 9 nitrogen and oxygen atoms in total. The van der Waals surface area contributed by atoms with E-state index in [9.17, 15) is 23.2 Å². The first-order valence-corrected chi connectivity index (χ1v) is 13.6. The van der Waals surface area contributed by atoms with Gasteiger partial charge in [0.25, 0.3) is 0 Å². The van der Waals surface area contributed by atoms with Gasteiger partial charge in [-0.05, 0) is 43.0 Å². The summed E-state index contributed by atoms with van der Waals surface area (Å²) in [6, 6.07) is 7.35. The Bertz CT molecular complexity index is 1490. The number of carbonyl (C=O) groups excluding carboxylic acids is 3. The summed E-state index contributed by atoms with van der Waals surface area (Å²) in [7, 11) is 1.32. The molecule has 1 saturated heterocycles. The second kappa shape index (κ2) is 11.7. The van der Waals surface area contributed by atoms with E-state index in [1.807, 2.05) is 6.92 Å². The van der Waals surface area contributed by atoms with Crippen LogP contribution < -0.4 is 5.32 Å². The number of ether oxygens (including phenoxy) is 2. The standard InChI is InChI=1S/C30H32F2N4O5/c1-16-7-10-20(31)26(27(16)32)24-11-12-36(30(39)41-24)23-6-4-5-17(2)29(38)35-21-13-18(14-25(37)40-3)8-9-19(21)22-15-33-28(23)34-22/h7-10,13,15,17,23-24H,4-6,11-12,14H2,1-3H3,(H,33,34)(H,35,38)/t17-,23+,24?/m1/s1. The van der Waals surface area contributed by atoms with Crippen molar-refractivity contribution in [1.29, 1.82) is 0 Å². The van der Waals surface area contributed by atoms with E-state index in [1.54, 1.807) is 24.4 Å². The number of aryl methyl sites for hydroxylation is 1. The Balaban J connectivity index is 1.45. The average molecular weight is 567 g/mol. The number of cyclic esters (lactones) is 1. The third-order valence-corrected chi connectivity index (χ3v) is 7.81. The first kappa shape index (κ1) is 28.3. The summed E-state index contributed by atoms with van der Waals surface area (Å²) < 4.78 is 39.7. The molecule has 2 amide bonds. The Morgan fingerprint density at radius 1 is 1.17 bits per heavy atom. The second-order valence-corrected chi connectivity index (χ2v) is 10.6. The summed E-state index contributed by atoms with van der Waals surface area (Å²) in [5, 5.41) is 2.99. The number of nitrogens with zero attached hydrogens (tertiary/aromatic N) is 2. The molecule has 1 aromatic heterocycles. The molecule has 3 atom stereocenters. The van der Waals surface area contributed by atoms with Gasteiger partial charge < -0.3 is 19.8 Å². The van der Waals surface area contributed by atoms with E-state index >= 15 is 0 Å². The molecule has 0 saturated carbocycles. The quantitative estimate of drug-likeness (QED) is 0.388. The molecule has 5 rings (SSSR count). The molecule has 2 bridgehead atoms. The van der Waals surface area contributed by atoms with Gasteiger partial charge in [0.2, 0.25) is 5.91 Å². The molecule has 11 heteroatoms. The predicted molar refractivity (Wildman–Crippen MR) is 146 cm³/mol. The third kappa shape index (κ3) is 5.79. The average Bonchev–Trinajstić information content (AvgIpc) is 3.43. The van der Waals surface area contributed by atoms with Crippen LogP contribution in [-0.4, -0.2) is 46.5 Å². The molecule has 3 heterocycles. The van der Waals surface area contributed by atoms with Gasteiger partial charge in [0.1, 0.15) is 23.6 Å². The van der Waals surface area contributed by atoms with E-state index in [0.29, 0.717) is 47.6 Å².